The van der Waals surface area contributed by atoms with Gasteiger partial charge in [0.25, 0.3) is 11.5 Å². The van der Waals surface area contributed by atoms with E-state index in [1.54, 1.807) is 50.0 Å². The van der Waals surface area contributed by atoms with Crippen molar-refractivity contribution >= 4 is 41.0 Å². The zero-order valence-electron chi connectivity index (χ0n) is 24.2. The van der Waals surface area contributed by atoms with E-state index in [1.165, 1.54) is 10.9 Å². The highest BCUT2D eigenvalue weighted by Crippen LogP contribution is 2.30. The second kappa shape index (κ2) is 13.8. The van der Waals surface area contributed by atoms with E-state index >= 15 is 0 Å². The van der Waals surface area contributed by atoms with Crippen LogP contribution in [0.25, 0.3) is 16.6 Å². The first-order chi connectivity index (χ1) is 20.8. The topological polar surface area (TPSA) is 153 Å². The molecule has 0 aliphatic carbocycles. The predicted octanol–water partition coefficient (Wildman–Crippen LogP) is 4.26. The van der Waals surface area contributed by atoms with Crippen molar-refractivity contribution in [2.45, 2.75) is 26.5 Å². The average molecular weight is 619 g/mol. The zero-order chi connectivity index (χ0) is 30.5. The number of amides is 1. The zero-order valence-corrected chi connectivity index (χ0v) is 25.0. The van der Waals surface area contributed by atoms with E-state index in [2.05, 4.69) is 15.3 Å². The summed E-state index contributed by atoms with van der Waals surface area (Å²) in [6, 6.07) is 19.6. The summed E-state index contributed by atoms with van der Waals surface area (Å²) in [6.07, 6.45) is 2.44. The Morgan fingerprint density at radius 2 is 1.77 bits per heavy atom. The Kier molecular flexibility index (Phi) is 9.99. The monoisotopic (exact) mass is 618 g/mol. The van der Waals surface area contributed by atoms with Crippen LogP contribution in [0, 0.1) is 6.92 Å². The Morgan fingerprint density at radius 1 is 1.02 bits per heavy atom. The number of nitrogens with zero attached hydrogens (tertiary/aromatic N) is 4. The summed E-state index contributed by atoms with van der Waals surface area (Å²) in [5.74, 6) is 0.707. The molecule has 3 aromatic heterocycles. The van der Waals surface area contributed by atoms with Crippen molar-refractivity contribution in [3.8, 4) is 22.9 Å². The van der Waals surface area contributed by atoms with Crippen molar-refractivity contribution in [2.24, 2.45) is 5.73 Å². The Labute approximate surface area is 258 Å². The van der Waals surface area contributed by atoms with Crippen LogP contribution in [0.15, 0.2) is 83.9 Å². The van der Waals surface area contributed by atoms with Crippen LogP contribution in [-0.4, -0.2) is 51.0 Å². The van der Waals surface area contributed by atoms with Crippen LogP contribution >= 0.6 is 12.4 Å². The molecule has 0 saturated heterocycles. The van der Waals surface area contributed by atoms with Crippen LogP contribution in [0.1, 0.15) is 23.0 Å². The quantitative estimate of drug-likeness (QED) is 0.219. The lowest BCUT2D eigenvalue weighted by molar-refractivity contribution is -0.147. The molecule has 1 atom stereocenters. The smallest absolute Gasteiger partial charge is 0.320 e. The molecule has 0 saturated carbocycles. The maximum atomic E-state index is 13.6. The molecular formula is C31H31ClN6O6. The maximum absolute atomic E-state index is 13.6. The number of para-hydroxylation sites is 1. The van der Waals surface area contributed by atoms with Gasteiger partial charge in [-0.15, -0.1) is 12.4 Å². The minimum absolute atomic E-state index is 0. The molecule has 0 fully saturated rings. The SMILES string of the molecule is COc1ccc2c(Oc3ccc(NC(=O)c4c(C)n(-c5ccccc5)n(C[C@@H](C)OC(=O)CN)c4=O)nc3)ccnc2c1.Cl. The number of hydrogen-bond donors (Lipinski definition) is 2. The van der Waals surface area contributed by atoms with Crippen molar-refractivity contribution in [1.29, 1.82) is 0 Å². The molecule has 0 aliphatic heterocycles. The van der Waals surface area contributed by atoms with Crippen molar-refractivity contribution in [1.82, 2.24) is 19.3 Å². The first kappa shape index (κ1) is 31.7. The number of fused-ring (bicyclic) bond motifs is 1. The molecule has 0 aliphatic rings. The molecular weight excluding hydrogens is 588 g/mol. The van der Waals surface area contributed by atoms with Crippen LogP contribution < -0.4 is 26.1 Å². The lowest BCUT2D eigenvalue weighted by Gasteiger charge is -2.17. The molecule has 12 nitrogen and oxygen atoms in total. The average Bonchev–Trinajstić information content (AvgIpc) is 3.26. The van der Waals surface area contributed by atoms with E-state index < -0.39 is 23.5 Å². The van der Waals surface area contributed by atoms with Gasteiger partial charge in [-0.2, -0.15) is 0 Å². The summed E-state index contributed by atoms with van der Waals surface area (Å²) in [7, 11) is 1.59. The Balaban J connectivity index is 0.00000442. The number of rotatable bonds is 10. The number of pyridine rings is 2. The highest BCUT2D eigenvalue weighted by Gasteiger charge is 2.25. The molecule has 1 amide bonds. The van der Waals surface area contributed by atoms with E-state index in [-0.39, 0.29) is 36.9 Å². The van der Waals surface area contributed by atoms with Crippen LogP contribution in [0.3, 0.4) is 0 Å². The van der Waals surface area contributed by atoms with Gasteiger partial charge in [0.2, 0.25) is 0 Å². The van der Waals surface area contributed by atoms with Gasteiger partial charge in [0.15, 0.2) is 0 Å². The Morgan fingerprint density at radius 3 is 2.45 bits per heavy atom. The normalized spacial score (nSPS) is 11.4. The second-order valence-corrected chi connectivity index (χ2v) is 9.63. The van der Waals surface area contributed by atoms with Gasteiger partial charge in [-0.05, 0) is 56.3 Å². The van der Waals surface area contributed by atoms with Gasteiger partial charge in [0, 0.05) is 17.6 Å². The van der Waals surface area contributed by atoms with Crippen molar-refractivity contribution in [3.63, 3.8) is 0 Å². The molecule has 228 valence electrons. The lowest BCUT2D eigenvalue weighted by Crippen LogP contribution is -2.33. The fraction of sp³-hybridized carbons (Fsp3) is 0.194. The molecule has 5 aromatic rings. The van der Waals surface area contributed by atoms with E-state index in [0.29, 0.717) is 34.1 Å². The summed E-state index contributed by atoms with van der Waals surface area (Å²) >= 11 is 0. The van der Waals surface area contributed by atoms with Gasteiger partial charge in [-0.25, -0.2) is 9.67 Å². The number of hydrogen-bond acceptors (Lipinski definition) is 9. The summed E-state index contributed by atoms with van der Waals surface area (Å²) in [6.45, 7) is 3.05. The molecule has 3 N–H and O–H groups in total. The molecule has 0 spiro atoms. The predicted molar refractivity (Wildman–Crippen MR) is 167 cm³/mol. The third kappa shape index (κ3) is 6.72. The first-order valence-electron chi connectivity index (χ1n) is 13.4. The fourth-order valence-corrected chi connectivity index (χ4v) is 4.68. The number of halogens is 1. The van der Waals surface area contributed by atoms with Crippen LogP contribution in [-0.2, 0) is 16.1 Å². The number of methoxy groups -OCH3 is 1. The van der Waals surface area contributed by atoms with Crippen molar-refractivity contribution < 1.29 is 23.8 Å². The number of ether oxygens (including phenoxy) is 3. The van der Waals surface area contributed by atoms with Gasteiger partial charge in [-0.1, -0.05) is 18.2 Å². The number of anilines is 1. The third-order valence-corrected chi connectivity index (χ3v) is 6.64. The molecule has 44 heavy (non-hydrogen) atoms. The highest BCUT2D eigenvalue weighted by molar-refractivity contribution is 6.04. The van der Waals surface area contributed by atoms with Crippen LogP contribution in [0.5, 0.6) is 17.2 Å². The number of nitrogens with one attached hydrogen (secondary N) is 1. The first-order valence-corrected chi connectivity index (χ1v) is 13.4. The minimum atomic E-state index is -0.671. The number of carbonyl (C=O) groups is 2. The van der Waals surface area contributed by atoms with E-state index in [0.717, 1.165) is 5.39 Å². The van der Waals surface area contributed by atoms with Gasteiger partial charge < -0.3 is 25.3 Å². The number of aromatic nitrogens is 4. The van der Waals surface area contributed by atoms with Crippen LogP contribution in [0.4, 0.5) is 5.82 Å². The number of benzene rings is 2. The van der Waals surface area contributed by atoms with Gasteiger partial charge >= 0.3 is 5.97 Å². The van der Waals surface area contributed by atoms with Crippen molar-refractivity contribution in [2.75, 3.05) is 19.0 Å². The summed E-state index contributed by atoms with van der Waals surface area (Å²) in [5.41, 5.74) is 6.53. The number of carbonyl (C=O) groups excluding carboxylic acids is 2. The largest absolute Gasteiger partial charge is 0.497 e. The Bertz CT molecular complexity index is 1840. The van der Waals surface area contributed by atoms with Crippen LogP contribution in [0.2, 0.25) is 0 Å². The molecule has 3 heterocycles. The summed E-state index contributed by atoms with van der Waals surface area (Å²) in [4.78, 5) is 47.4. The minimum Gasteiger partial charge on any atom is -0.497 e. The highest BCUT2D eigenvalue weighted by atomic mass is 35.5. The second-order valence-electron chi connectivity index (χ2n) is 9.63. The van der Waals surface area contributed by atoms with E-state index in [4.69, 9.17) is 19.9 Å². The van der Waals surface area contributed by atoms with E-state index in [9.17, 15) is 14.4 Å². The maximum Gasteiger partial charge on any atom is 0.320 e. The number of nitrogens with two attached hydrogens (primary N) is 1. The molecule has 13 heteroatoms. The van der Waals surface area contributed by atoms with Crippen molar-refractivity contribution in [3.05, 3.63) is 101 Å². The molecule has 0 radical (unpaired) electrons. The Hall–Kier alpha value is -5.20. The summed E-state index contributed by atoms with van der Waals surface area (Å²) in [5, 5.41) is 3.50. The molecule has 0 bridgehead atoms. The van der Waals surface area contributed by atoms with Gasteiger partial charge in [0.1, 0.15) is 34.7 Å². The fourth-order valence-electron chi connectivity index (χ4n) is 4.68. The third-order valence-electron chi connectivity index (χ3n) is 6.64. The lowest BCUT2D eigenvalue weighted by atomic mass is 10.2. The van der Waals surface area contributed by atoms with E-state index in [1.807, 2.05) is 48.5 Å². The number of esters is 1. The van der Waals surface area contributed by atoms with Gasteiger partial charge in [-0.3, -0.25) is 24.0 Å². The molecule has 2 aromatic carbocycles. The summed E-state index contributed by atoms with van der Waals surface area (Å²) < 4.78 is 19.6. The molecule has 0 unspecified atom stereocenters. The molecule has 5 rings (SSSR count). The standard InChI is InChI=1S/C31H30N6O6.ClH/c1-19(42-28(38)16-32)18-36-31(40)29(20(2)37(36)21-7-5-4-6-8-21)30(39)35-27-12-10-23(17-34-27)43-26-13-14-33-25-15-22(41-3)9-11-24(25)26;/h4-15,17,19H,16,18,32H2,1-3H3,(H,34,35,39);1H/t19-;/m1./s1. The van der Waals surface area contributed by atoms with Gasteiger partial charge in [0.05, 0.1) is 43.3 Å².